The third-order valence-electron chi connectivity index (χ3n) is 2.10. The van der Waals surface area contributed by atoms with Gasteiger partial charge in [-0.3, -0.25) is 0 Å². The van der Waals surface area contributed by atoms with Crippen LogP contribution < -0.4 is 0 Å². The van der Waals surface area contributed by atoms with Gasteiger partial charge in [-0.05, 0) is 39.1 Å². The summed E-state index contributed by atoms with van der Waals surface area (Å²) >= 11 is 5.74. The molecule has 0 unspecified atom stereocenters. The van der Waals surface area contributed by atoms with E-state index in [0.717, 1.165) is 11.4 Å². The molecule has 1 aromatic heterocycles. The lowest BCUT2D eigenvalue weighted by Gasteiger charge is -2.11. The number of rotatable bonds is 3. The van der Waals surface area contributed by atoms with Crippen LogP contribution in [0.25, 0.3) is 5.70 Å². The van der Waals surface area contributed by atoms with Crippen LogP contribution in [0.2, 0.25) is 0 Å². The smallest absolute Gasteiger partial charge is 0.222 e. The predicted molar refractivity (Wildman–Crippen MR) is 69.1 cm³/mol. The zero-order chi connectivity index (χ0) is 12.1. The van der Waals surface area contributed by atoms with Crippen molar-refractivity contribution in [2.45, 2.75) is 26.8 Å². The molecule has 0 aliphatic rings. The van der Waals surface area contributed by atoms with Gasteiger partial charge in [0.1, 0.15) is 0 Å². The van der Waals surface area contributed by atoms with Gasteiger partial charge in [0, 0.05) is 6.04 Å². The molecular formula is C11H15ClN4. The Bertz CT molecular complexity index is 429. The number of hydrogen-bond donors (Lipinski definition) is 0. The molecule has 4 nitrogen and oxygen atoms in total. The summed E-state index contributed by atoms with van der Waals surface area (Å²) in [5.41, 5.74) is 1.66. The monoisotopic (exact) mass is 238 g/mol. The first-order chi connectivity index (χ1) is 7.60. The quantitative estimate of drug-likeness (QED) is 0.453. The van der Waals surface area contributed by atoms with E-state index in [0.29, 0.717) is 6.04 Å². The maximum absolute atomic E-state index is 5.74. The number of allylic oxidation sites excluding steroid dienone is 1. The van der Waals surface area contributed by atoms with Crippen molar-refractivity contribution in [3.8, 4) is 0 Å². The molecule has 0 aliphatic carbocycles. The van der Waals surface area contributed by atoms with Gasteiger partial charge in [-0.25, -0.2) is 15.0 Å². The highest BCUT2D eigenvalue weighted by Crippen LogP contribution is 2.20. The maximum Gasteiger partial charge on any atom is 0.222 e. The van der Waals surface area contributed by atoms with Gasteiger partial charge in [-0.15, -0.1) is 0 Å². The molecule has 0 aliphatic heterocycles. The summed E-state index contributed by atoms with van der Waals surface area (Å²) in [6.07, 6.45) is 5.39. The van der Waals surface area contributed by atoms with Crippen molar-refractivity contribution in [1.82, 2.24) is 9.55 Å². The maximum atomic E-state index is 5.74. The summed E-state index contributed by atoms with van der Waals surface area (Å²) in [6.45, 7) is 9.37. The lowest BCUT2D eigenvalue weighted by Crippen LogP contribution is -2.03. The van der Waals surface area contributed by atoms with E-state index in [9.17, 15) is 0 Å². The van der Waals surface area contributed by atoms with Gasteiger partial charge in [0.2, 0.25) is 5.29 Å². The summed E-state index contributed by atoms with van der Waals surface area (Å²) in [5, 5.41) is 0.129. The second-order valence-electron chi connectivity index (χ2n) is 3.49. The Labute approximate surface area is 100 Å². The highest BCUT2D eigenvalue weighted by Gasteiger charge is 2.09. The van der Waals surface area contributed by atoms with E-state index >= 15 is 0 Å². The minimum atomic E-state index is 0.129. The van der Waals surface area contributed by atoms with Gasteiger partial charge in [-0.2, -0.15) is 0 Å². The highest BCUT2D eigenvalue weighted by atomic mass is 35.5. The van der Waals surface area contributed by atoms with Crippen LogP contribution in [0, 0.1) is 0 Å². The third-order valence-corrected chi connectivity index (χ3v) is 2.31. The zero-order valence-electron chi connectivity index (χ0n) is 9.68. The number of imidazole rings is 1. The van der Waals surface area contributed by atoms with Gasteiger partial charge in [0.15, 0.2) is 0 Å². The predicted octanol–water partition coefficient (Wildman–Crippen LogP) is 3.12. The minimum absolute atomic E-state index is 0.129. The molecule has 1 heterocycles. The Balaban J connectivity index is 3.15. The first-order valence-corrected chi connectivity index (χ1v) is 5.37. The Hall–Kier alpha value is -1.42. The Morgan fingerprint density at radius 3 is 2.81 bits per heavy atom. The molecule has 16 heavy (non-hydrogen) atoms. The van der Waals surface area contributed by atoms with E-state index in [2.05, 4.69) is 35.5 Å². The fraction of sp³-hybridized carbons (Fsp3) is 0.364. The number of amidine groups is 1. The van der Waals surface area contributed by atoms with Crippen LogP contribution in [-0.2, 0) is 0 Å². The first-order valence-electron chi connectivity index (χ1n) is 4.99. The average Bonchev–Trinajstić information content (AvgIpc) is 2.74. The van der Waals surface area contributed by atoms with Crippen LogP contribution in [0.1, 0.15) is 32.5 Å². The molecule has 0 atom stereocenters. The summed E-state index contributed by atoms with van der Waals surface area (Å²) in [5.74, 6) is 0. The largest absolute Gasteiger partial charge is 0.327 e. The molecule has 0 aromatic carbocycles. The Morgan fingerprint density at radius 1 is 1.62 bits per heavy atom. The lowest BCUT2D eigenvalue weighted by atomic mass is 10.3. The third kappa shape index (κ3) is 2.79. The minimum Gasteiger partial charge on any atom is -0.327 e. The van der Waals surface area contributed by atoms with Crippen molar-refractivity contribution < 1.29 is 0 Å². The summed E-state index contributed by atoms with van der Waals surface area (Å²) < 4.78 is 2.02. The molecular weight excluding hydrogens is 224 g/mol. The topological polar surface area (TPSA) is 42.5 Å². The van der Waals surface area contributed by atoms with Crippen molar-refractivity contribution in [3.63, 3.8) is 0 Å². The van der Waals surface area contributed by atoms with Crippen molar-refractivity contribution in [3.05, 3.63) is 24.3 Å². The number of hydrogen-bond acceptors (Lipinski definition) is 2. The van der Waals surface area contributed by atoms with Crippen LogP contribution in [0.4, 0.5) is 0 Å². The van der Waals surface area contributed by atoms with Crippen LogP contribution in [-0.4, -0.2) is 21.6 Å². The molecule has 0 bridgehead atoms. The zero-order valence-corrected chi connectivity index (χ0v) is 10.4. The van der Waals surface area contributed by atoms with Crippen LogP contribution in [0.5, 0.6) is 0 Å². The molecule has 0 N–H and O–H groups in total. The molecule has 0 saturated carbocycles. The van der Waals surface area contributed by atoms with Crippen molar-refractivity contribution in [1.29, 1.82) is 0 Å². The number of halogens is 1. The molecule has 0 saturated heterocycles. The molecule has 1 aromatic rings. The molecule has 0 radical (unpaired) electrons. The van der Waals surface area contributed by atoms with Crippen molar-refractivity contribution in [2.24, 2.45) is 9.98 Å². The molecule has 5 heteroatoms. The van der Waals surface area contributed by atoms with Crippen molar-refractivity contribution in [2.75, 3.05) is 0 Å². The summed E-state index contributed by atoms with van der Waals surface area (Å²) in [6, 6.07) is 0.318. The van der Waals surface area contributed by atoms with Gasteiger partial charge < -0.3 is 4.57 Å². The van der Waals surface area contributed by atoms with Gasteiger partial charge in [-0.1, -0.05) is 6.08 Å². The van der Waals surface area contributed by atoms with E-state index in [1.54, 1.807) is 12.5 Å². The van der Waals surface area contributed by atoms with E-state index < -0.39 is 0 Å². The normalized spacial score (nSPS) is 13.3. The summed E-state index contributed by atoms with van der Waals surface area (Å²) in [4.78, 5) is 11.8. The highest BCUT2D eigenvalue weighted by molar-refractivity contribution is 6.65. The first kappa shape index (κ1) is 12.6. The number of aromatic nitrogens is 2. The standard InChI is InChI=1S/C11H15ClN4/c1-5-9(15-11(12)13-4)10-6-14-7-16(10)8(2)3/h5-8H,4H2,1-3H3/b9-5-,15-11?. The van der Waals surface area contributed by atoms with Gasteiger partial charge in [0.25, 0.3) is 0 Å². The van der Waals surface area contributed by atoms with Gasteiger partial charge >= 0.3 is 0 Å². The van der Waals surface area contributed by atoms with Crippen molar-refractivity contribution >= 4 is 29.3 Å². The molecule has 1 rings (SSSR count). The van der Waals surface area contributed by atoms with E-state index in [1.807, 2.05) is 17.6 Å². The molecule has 0 amide bonds. The Morgan fingerprint density at radius 2 is 2.31 bits per heavy atom. The van der Waals surface area contributed by atoms with Gasteiger partial charge in [0.05, 0.1) is 23.9 Å². The molecule has 0 fully saturated rings. The molecule has 0 spiro atoms. The number of nitrogens with zero attached hydrogens (tertiary/aromatic N) is 4. The van der Waals surface area contributed by atoms with Crippen LogP contribution >= 0.6 is 11.6 Å². The second-order valence-corrected chi connectivity index (χ2v) is 3.83. The number of aliphatic imine (C=N–C) groups is 2. The Kier molecular flexibility index (Phi) is 4.43. The van der Waals surface area contributed by atoms with Crippen LogP contribution in [0.15, 0.2) is 28.6 Å². The van der Waals surface area contributed by atoms with E-state index in [1.165, 1.54) is 0 Å². The fourth-order valence-corrected chi connectivity index (χ4v) is 1.41. The van der Waals surface area contributed by atoms with Crippen LogP contribution in [0.3, 0.4) is 0 Å². The fourth-order valence-electron chi connectivity index (χ4n) is 1.32. The van der Waals surface area contributed by atoms with E-state index in [4.69, 9.17) is 11.6 Å². The SMILES string of the molecule is C=NC(Cl)=N/C(=C\C)c1cncn1C(C)C. The summed E-state index contributed by atoms with van der Waals surface area (Å²) in [7, 11) is 0. The lowest BCUT2D eigenvalue weighted by molar-refractivity contribution is 0.593. The van der Waals surface area contributed by atoms with E-state index in [-0.39, 0.29) is 5.29 Å². The average molecular weight is 239 g/mol. The molecule has 86 valence electrons. The second kappa shape index (κ2) is 5.61.